The summed E-state index contributed by atoms with van der Waals surface area (Å²) in [5.74, 6) is -0.306. The van der Waals surface area contributed by atoms with Crippen molar-refractivity contribution in [2.24, 2.45) is 0 Å². The van der Waals surface area contributed by atoms with Crippen LogP contribution in [0.3, 0.4) is 0 Å². The molecular formula is C39H37N3O3. The van der Waals surface area contributed by atoms with E-state index in [0.717, 1.165) is 97.3 Å². The maximum absolute atomic E-state index is 11.9. The van der Waals surface area contributed by atoms with Gasteiger partial charge in [0.15, 0.2) is 5.58 Å². The summed E-state index contributed by atoms with van der Waals surface area (Å²) in [6, 6.07) is 30.8. The van der Waals surface area contributed by atoms with Crippen LogP contribution in [-0.2, 0) is 6.42 Å². The normalized spacial score (nSPS) is 15.8. The average Bonchev–Trinajstić information content (AvgIpc) is 3.38. The van der Waals surface area contributed by atoms with Crippen molar-refractivity contribution in [3.05, 3.63) is 125 Å². The minimum atomic E-state index is -0.901. The van der Waals surface area contributed by atoms with E-state index in [-0.39, 0.29) is 0 Å². The van der Waals surface area contributed by atoms with E-state index in [0.29, 0.717) is 11.5 Å². The number of oxazole rings is 1. The quantitative estimate of drug-likeness (QED) is 0.190. The average molecular weight is 596 g/mol. The van der Waals surface area contributed by atoms with Gasteiger partial charge in [0, 0.05) is 25.2 Å². The Morgan fingerprint density at radius 1 is 0.844 bits per heavy atom. The number of carbonyl (C=O) groups is 1. The van der Waals surface area contributed by atoms with Gasteiger partial charge >= 0.3 is 5.97 Å². The van der Waals surface area contributed by atoms with Crippen LogP contribution in [0.4, 0.5) is 0 Å². The molecule has 0 bridgehead atoms. The van der Waals surface area contributed by atoms with Crippen molar-refractivity contribution in [3.63, 3.8) is 0 Å². The van der Waals surface area contributed by atoms with Crippen LogP contribution in [0.5, 0.6) is 0 Å². The molecule has 0 spiro atoms. The summed E-state index contributed by atoms with van der Waals surface area (Å²) in [4.78, 5) is 19.3. The van der Waals surface area contributed by atoms with Crippen molar-refractivity contribution in [2.45, 2.75) is 25.7 Å². The number of nitrogens with zero attached hydrogens (tertiary/aromatic N) is 2. The van der Waals surface area contributed by atoms with Gasteiger partial charge in [-0.2, -0.15) is 0 Å². The molecule has 7 rings (SSSR count). The molecule has 0 fully saturated rings. The van der Waals surface area contributed by atoms with Crippen LogP contribution in [-0.4, -0.2) is 53.7 Å². The number of fused-ring (bicyclic) bond motifs is 1. The van der Waals surface area contributed by atoms with Gasteiger partial charge in [-0.3, -0.25) is 4.90 Å². The van der Waals surface area contributed by atoms with Gasteiger partial charge in [0.2, 0.25) is 5.89 Å². The van der Waals surface area contributed by atoms with E-state index in [1.165, 1.54) is 16.7 Å². The summed E-state index contributed by atoms with van der Waals surface area (Å²) in [5, 5.41) is 13.1. The Labute approximate surface area is 263 Å². The maximum atomic E-state index is 11.9. The van der Waals surface area contributed by atoms with Crippen LogP contribution in [0, 0.1) is 0 Å². The minimum absolute atomic E-state index is 0.342. The predicted octanol–water partition coefficient (Wildman–Crippen LogP) is 7.96. The molecule has 226 valence electrons. The molecule has 6 heteroatoms. The Balaban J connectivity index is 1.07. The number of rotatable bonds is 8. The van der Waals surface area contributed by atoms with Gasteiger partial charge < -0.3 is 14.8 Å². The highest BCUT2D eigenvalue weighted by atomic mass is 16.4. The van der Waals surface area contributed by atoms with Crippen LogP contribution in [0.2, 0.25) is 0 Å². The molecule has 0 amide bonds. The Hall–Kier alpha value is -4.78. The van der Waals surface area contributed by atoms with Crippen LogP contribution >= 0.6 is 0 Å². The summed E-state index contributed by atoms with van der Waals surface area (Å²) in [6.45, 7) is 4.75. The number of aromatic carboxylic acids is 1. The van der Waals surface area contributed by atoms with Gasteiger partial charge in [-0.05, 0) is 114 Å². The summed E-state index contributed by atoms with van der Waals surface area (Å²) < 4.78 is 6.18. The highest BCUT2D eigenvalue weighted by molar-refractivity contribution is 5.95. The van der Waals surface area contributed by atoms with E-state index in [1.807, 2.05) is 42.5 Å². The number of benzene rings is 4. The number of allylic oxidation sites excluding steroid dienone is 1. The Kier molecular flexibility index (Phi) is 8.41. The molecule has 0 saturated heterocycles. The summed E-state index contributed by atoms with van der Waals surface area (Å²) in [5.41, 5.74) is 10.7. The van der Waals surface area contributed by atoms with E-state index < -0.39 is 5.97 Å². The van der Waals surface area contributed by atoms with Crippen molar-refractivity contribution in [1.82, 2.24) is 15.2 Å². The first-order chi connectivity index (χ1) is 22.1. The standard InChI is InChI=1S/C39H37N3O3/c43-39(44)34-14-12-32(25-35(34)30-16-20-40-21-17-30)29-8-10-31(11-9-29)38-41-36-26-33(13-15-37(36)45-38)28-7-4-22-42(24-19-28)23-18-27-5-2-1-3-6-27/h1-3,5-6,8-16,19,25-26,40H,4,7,17-18,20-24H2,(H,43,44). The molecule has 0 unspecified atom stereocenters. The molecule has 0 atom stereocenters. The SMILES string of the molecule is O=C(O)c1ccc(-c2ccc(-c3nc4cc(C5=CCN(CCc6ccccc6)CCC5)ccc4o3)cc2)cc1C1=CCNCC1. The predicted molar refractivity (Wildman–Crippen MR) is 181 cm³/mol. The number of carboxylic acid groups (broad SMARTS) is 1. The topological polar surface area (TPSA) is 78.6 Å². The van der Waals surface area contributed by atoms with E-state index >= 15 is 0 Å². The molecule has 6 nitrogen and oxygen atoms in total. The maximum Gasteiger partial charge on any atom is 0.336 e. The summed E-state index contributed by atoms with van der Waals surface area (Å²) in [6.07, 6.45) is 8.56. The molecule has 45 heavy (non-hydrogen) atoms. The second-order valence-electron chi connectivity index (χ2n) is 11.9. The first kappa shape index (κ1) is 29.0. The molecular weight excluding hydrogens is 558 g/mol. The monoisotopic (exact) mass is 595 g/mol. The molecule has 1 aromatic heterocycles. The number of hydrogen-bond acceptors (Lipinski definition) is 5. The lowest BCUT2D eigenvalue weighted by molar-refractivity contribution is 0.0696. The van der Waals surface area contributed by atoms with Crippen molar-refractivity contribution >= 4 is 28.2 Å². The van der Waals surface area contributed by atoms with Crippen molar-refractivity contribution in [1.29, 1.82) is 0 Å². The van der Waals surface area contributed by atoms with Crippen LogP contribution in [0.25, 0.3) is 44.8 Å². The highest BCUT2D eigenvalue weighted by Crippen LogP contribution is 2.33. The molecule has 0 saturated carbocycles. The van der Waals surface area contributed by atoms with Gasteiger partial charge in [-0.25, -0.2) is 9.78 Å². The van der Waals surface area contributed by atoms with Crippen LogP contribution in [0.15, 0.2) is 108 Å². The van der Waals surface area contributed by atoms with E-state index in [1.54, 1.807) is 6.07 Å². The zero-order chi connectivity index (χ0) is 30.6. The van der Waals surface area contributed by atoms with Crippen LogP contribution < -0.4 is 5.32 Å². The van der Waals surface area contributed by atoms with E-state index in [4.69, 9.17) is 9.40 Å². The summed E-state index contributed by atoms with van der Waals surface area (Å²) in [7, 11) is 0. The Morgan fingerprint density at radius 3 is 2.44 bits per heavy atom. The fourth-order valence-electron chi connectivity index (χ4n) is 6.42. The third-order valence-corrected chi connectivity index (χ3v) is 8.96. The molecule has 0 aliphatic carbocycles. The summed E-state index contributed by atoms with van der Waals surface area (Å²) >= 11 is 0. The van der Waals surface area contributed by atoms with E-state index in [9.17, 15) is 9.90 Å². The lowest BCUT2D eigenvalue weighted by atomic mass is 9.91. The van der Waals surface area contributed by atoms with Crippen molar-refractivity contribution in [2.75, 3.05) is 32.7 Å². The molecule has 4 aromatic carbocycles. The van der Waals surface area contributed by atoms with Gasteiger partial charge in [0.05, 0.1) is 5.56 Å². The van der Waals surface area contributed by atoms with Crippen molar-refractivity contribution in [3.8, 4) is 22.6 Å². The Morgan fingerprint density at radius 2 is 1.64 bits per heavy atom. The van der Waals surface area contributed by atoms with Gasteiger partial charge in [0.1, 0.15) is 5.52 Å². The molecule has 2 aliphatic heterocycles. The second kappa shape index (κ2) is 13.1. The number of nitrogens with one attached hydrogen (secondary N) is 1. The third kappa shape index (κ3) is 6.53. The van der Waals surface area contributed by atoms with Gasteiger partial charge in [0.25, 0.3) is 0 Å². The number of aromatic nitrogens is 1. The zero-order valence-corrected chi connectivity index (χ0v) is 25.3. The van der Waals surface area contributed by atoms with E-state index in [2.05, 4.69) is 64.8 Å². The zero-order valence-electron chi connectivity index (χ0n) is 25.3. The Bertz CT molecular complexity index is 1890. The van der Waals surface area contributed by atoms with Gasteiger partial charge in [-0.15, -0.1) is 0 Å². The second-order valence-corrected chi connectivity index (χ2v) is 11.9. The molecule has 0 radical (unpaired) electrons. The van der Waals surface area contributed by atoms with Gasteiger partial charge in [-0.1, -0.05) is 66.7 Å². The largest absolute Gasteiger partial charge is 0.478 e. The first-order valence-electron chi connectivity index (χ1n) is 15.9. The third-order valence-electron chi connectivity index (χ3n) is 8.96. The van der Waals surface area contributed by atoms with Crippen molar-refractivity contribution < 1.29 is 14.3 Å². The number of hydrogen-bond donors (Lipinski definition) is 2. The fourth-order valence-corrected chi connectivity index (χ4v) is 6.42. The number of carboxylic acids is 1. The smallest absolute Gasteiger partial charge is 0.336 e. The van der Waals surface area contributed by atoms with Crippen LogP contribution in [0.1, 0.15) is 46.3 Å². The molecule has 2 aliphatic rings. The lowest BCUT2D eigenvalue weighted by Gasteiger charge is -2.18. The molecule has 3 heterocycles. The molecule has 2 N–H and O–H groups in total. The molecule has 5 aromatic rings. The first-order valence-corrected chi connectivity index (χ1v) is 15.9. The lowest BCUT2D eigenvalue weighted by Crippen LogP contribution is -2.26. The minimum Gasteiger partial charge on any atom is -0.478 e. The fraction of sp³-hybridized carbons (Fsp3) is 0.231. The highest BCUT2D eigenvalue weighted by Gasteiger charge is 2.17.